The minimum absolute atomic E-state index is 0.0932. The van der Waals surface area contributed by atoms with Gasteiger partial charge in [-0.1, -0.05) is 6.07 Å². The maximum atomic E-state index is 11.5. The molecular weight excluding hydrogens is 416 g/mol. The molecule has 0 bridgehead atoms. The largest absolute Gasteiger partial charge is 0.482 e. The summed E-state index contributed by atoms with van der Waals surface area (Å²) in [6.45, 7) is 0.894. The summed E-state index contributed by atoms with van der Waals surface area (Å²) in [5.41, 5.74) is 5.06. The van der Waals surface area contributed by atoms with E-state index in [1.54, 1.807) is 7.11 Å². The Morgan fingerprint density at radius 2 is 2.03 bits per heavy atom. The van der Waals surface area contributed by atoms with Crippen molar-refractivity contribution in [1.82, 2.24) is 15.3 Å². The first-order valence-corrected chi connectivity index (χ1v) is 11.8. The van der Waals surface area contributed by atoms with Gasteiger partial charge < -0.3 is 20.1 Å². The Morgan fingerprint density at radius 1 is 1.15 bits per heavy atom. The highest BCUT2D eigenvalue weighted by Gasteiger charge is 2.22. The molecule has 0 saturated heterocycles. The maximum absolute atomic E-state index is 11.5. The number of carbonyl (C=O) groups is 1. The summed E-state index contributed by atoms with van der Waals surface area (Å²) in [7, 11) is 1.65. The molecular formula is C26H30N4O3. The maximum Gasteiger partial charge on any atom is 0.262 e. The fourth-order valence-corrected chi connectivity index (χ4v) is 4.89. The second-order valence-electron chi connectivity index (χ2n) is 9.00. The van der Waals surface area contributed by atoms with Crippen molar-refractivity contribution in [1.29, 1.82) is 0 Å². The van der Waals surface area contributed by atoms with Gasteiger partial charge in [-0.05, 0) is 79.8 Å². The number of hydrogen-bond acceptors (Lipinski definition) is 6. The zero-order chi connectivity index (χ0) is 22.6. The minimum Gasteiger partial charge on any atom is -0.482 e. The monoisotopic (exact) mass is 446 g/mol. The second-order valence-corrected chi connectivity index (χ2v) is 9.00. The number of carbonyl (C=O) groups excluding carboxylic acids is 1. The van der Waals surface area contributed by atoms with Gasteiger partial charge in [0.25, 0.3) is 5.91 Å². The SMILES string of the molecule is COc1ccc2nccc(CCC3CCC(NCc4ccc5c(c4)NC(=O)CO5)CC3)c2n1. The molecule has 172 valence electrons. The van der Waals surface area contributed by atoms with Crippen LogP contribution >= 0.6 is 0 Å². The molecule has 3 aromatic rings. The third kappa shape index (κ3) is 5.09. The fraction of sp³-hybridized carbons (Fsp3) is 0.423. The molecule has 5 rings (SSSR count). The number of hydrogen-bond donors (Lipinski definition) is 2. The quantitative estimate of drug-likeness (QED) is 0.564. The lowest BCUT2D eigenvalue weighted by molar-refractivity contribution is -0.118. The van der Waals surface area contributed by atoms with Crippen LogP contribution in [0, 0.1) is 5.92 Å². The lowest BCUT2D eigenvalue weighted by Gasteiger charge is -2.29. The van der Waals surface area contributed by atoms with Crippen molar-refractivity contribution in [2.75, 3.05) is 19.0 Å². The van der Waals surface area contributed by atoms with Gasteiger partial charge >= 0.3 is 0 Å². The highest BCUT2D eigenvalue weighted by atomic mass is 16.5. The number of methoxy groups -OCH3 is 1. The van der Waals surface area contributed by atoms with E-state index in [9.17, 15) is 4.79 Å². The molecule has 2 N–H and O–H groups in total. The smallest absolute Gasteiger partial charge is 0.262 e. The van der Waals surface area contributed by atoms with E-state index in [0.29, 0.717) is 11.9 Å². The molecule has 7 heteroatoms. The molecule has 0 radical (unpaired) electrons. The Labute approximate surface area is 193 Å². The van der Waals surface area contributed by atoms with Crippen LogP contribution in [0.15, 0.2) is 42.6 Å². The number of nitrogens with one attached hydrogen (secondary N) is 2. The molecule has 3 heterocycles. The Hall–Kier alpha value is -3.19. The Bertz CT molecular complexity index is 1140. The molecule has 1 aliphatic carbocycles. The van der Waals surface area contributed by atoms with Crippen LogP contribution in [0.4, 0.5) is 5.69 Å². The first-order chi connectivity index (χ1) is 16.2. The van der Waals surface area contributed by atoms with Crippen LogP contribution < -0.4 is 20.1 Å². The topological polar surface area (TPSA) is 85.4 Å². The van der Waals surface area contributed by atoms with Gasteiger partial charge in [-0.15, -0.1) is 0 Å². The number of fused-ring (bicyclic) bond motifs is 2. The van der Waals surface area contributed by atoms with Crippen molar-refractivity contribution in [2.45, 2.75) is 51.1 Å². The molecule has 33 heavy (non-hydrogen) atoms. The van der Waals surface area contributed by atoms with E-state index < -0.39 is 0 Å². The molecule has 2 aromatic heterocycles. The van der Waals surface area contributed by atoms with Gasteiger partial charge in [-0.3, -0.25) is 9.78 Å². The number of pyridine rings is 2. The summed E-state index contributed by atoms with van der Waals surface area (Å²) >= 11 is 0. The van der Waals surface area contributed by atoms with Gasteiger partial charge in [0.1, 0.15) is 5.75 Å². The lowest BCUT2D eigenvalue weighted by atomic mass is 9.82. The van der Waals surface area contributed by atoms with Crippen molar-refractivity contribution < 1.29 is 14.3 Å². The lowest BCUT2D eigenvalue weighted by Crippen LogP contribution is -2.33. The van der Waals surface area contributed by atoms with Gasteiger partial charge in [0, 0.05) is 24.8 Å². The molecule has 1 fully saturated rings. The van der Waals surface area contributed by atoms with Gasteiger partial charge in [0.05, 0.1) is 23.8 Å². The first-order valence-electron chi connectivity index (χ1n) is 11.8. The molecule has 0 unspecified atom stereocenters. The van der Waals surface area contributed by atoms with Crippen LogP contribution in [0.5, 0.6) is 11.6 Å². The molecule has 7 nitrogen and oxygen atoms in total. The van der Waals surface area contributed by atoms with Gasteiger partial charge in [-0.2, -0.15) is 0 Å². The van der Waals surface area contributed by atoms with E-state index >= 15 is 0 Å². The second kappa shape index (κ2) is 9.75. The number of aromatic nitrogens is 2. The van der Waals surface area contributed by atoms with Crippen LogP contribution in [-0.4, -0.2) is 35.6 Å². The molecule has 1 aliphatic heterocycles. The average Bonchev–Trinajstić information content (AvgIpc) is 2.86. The number of aryl methyl sites for hydroxylation is 1. The van der Waals surface area contributed by atoms with Crippen LogP contribution in [-0.2, 0) is 17.8 Å². The predicted molar refractivity (Wildman–Crippen MR) is 128 cm³/mol. The zero-order valence-corrected chi connectivity index (χ0v) is 19.0. The molecule has 1 saturated carbocycles. The normalized spacial score (nSPS) is 20.1. The van der Waals surface area contributed by atoms with E-state index in [4.69, 9.17) is 9.47 Å². The van der Waals surface area contributed by atoms with Crippen LogP contribution in [0.1, 0.15) is 43.2 Å². The van der Waals surface area contributed by atoms with E-state index in [2.05, 4.69) is 32.7 Å². The van der Waals surface area contributed by atoms with Crippen LogP contribution in [0.25, 0.3) is 11.0 Å². The molecule has 1 amide bonds. The molecule has 1 aromatic carbocycles. The zero-order valence-electron chi connectivity index (χ0n) is 19.0. The fourth-order valence-electron chi connectivity index (χ4n) is 4.89. The Balaban J connectivity index is 1.11. The summed E-state index contributed by atoms with van der Waals surface area (Å²) < 4.78 is 10.7. The molecule has 0 spiro atoms. The van der Waals surface area contributed by atoms with Gasteiger partial charge in [-0.25, -0.2) is 4.98 Å². The summed E-state index contributed by atoms with van der Waals surface area (Å²) in [5.74, 6) is 2.03. The number of ether oxygens (including phenoxy) is 2. The van der Waals surface area contributed by atoms with Gasteiger partial charge in [0.2, 0.25) is 5.88 Å². The van der Waals surface area contributed by atoms with Gasteiger partial charge in [0.15, 0.2) is 6.61 Å². The van der Waals surface area contributed by atoms with E-state index in [1.165, 1.54) is 37.7 Å². The van der Waals surface area contributed by atoms with Crippen LogP contribution in [0.3, 0.4) is 0 Å². The number of nitrogens with zero attached hydrogens (tertiary/aromatic N) is 2. The number of benzene rings is 1. The van der Waals surface area contributed by atoms with Crippen molar-refractivity contribution >= 4 is 22.6 Å². The van der Waals surface area contributed by atoms with E-state index in [1.807, 2.05) is 30.5 Å². The Kier molecular flexibility index (Phi) is 6.39. The van der Waals surface area contributed by atoms with Crippen molar-refractivity contribution in [2.24, 2.45) is 5.92 Å². The van der Waals surface area contributed by atoms with Crippen LogP contribution in [0.2, 0.25) is 0 Å². The highest BCUT2D eigenvalue weighted by molar-refractivity contribution is 5.95. The summed E-state index contributed by atoms with van der Waals surface area (Å²) in [4.78, 5) is 20.6. The predicted octanol–water partition coefficient (Wildman–Crippen LogP) is 4.25. The third-order valence-corrected chi connectivity index (χ3v) is 6.79. The summed E-state index contributed by atoms with van der Waals surface area (Å²) in [6, 6.07) is 12.5. The minimum atomic E-state index is -0.0967. The first kappa shape index (κ1) is 21.6. The van der Waals surface area contributed by atoms with Crippen molar-refractivity contribution in [3.05, 3.63) is 53.7 Å². The number of rotatable bonds is 7. The van der Waals surface area contributed by atoms with E-state index in [0.717, 1.165) is 46.9 Å². The standard InChI is InChI=1S/C26H30N4O3/c1-32-25-11-9-21-26(30-25)19(12-13-27-21)6-2-17-3-7-20(8-4-17)28-15-18-5-10-23-22(14-18)29-24(31)16-33-23/h5,9-14,17,20,28H,2-4,6-8,15-16H2,1H3,(H,29,31). The van der Waals surface area contributed by atoms with Crippen molar-refractivity contribution in [3.8, 4) is 11.6 Å². The number of amides is 1. The Morgan fingerprint density at radius 3 is 2.88 bits per heavy atom. The van der Waals surface area contributed by atoms with E-state index in [-0.39, 0.29) is 12.5 Å². The summed E-state index contributed by atoms with van der Waals surface area (Å²) in [6.07, 6.45) is 8.94. The van der Waals surface area contributed by atoms with Crippen molar-refractivity contribution in [3.63, 3.8) is 0 Å². The molecule has 0 atom stereocenters. The summed E-state index contributed by atoms with van der Waals surface area (Å²) in [5, 5.41) is 6.58. The number of anilines is 1. The highest BCUT2D eigenvalue weighted by Crippen LogP contribution is 2.31. The molecule has 2 aliphatic rings. The average molecular weight is 447 g/mol. The third-order valence-electron chi connectivity index (χ3n) is 6.79.